The average Bonchev–Trinajstić information content (AvgIpc) is 3.40. The number of carbonyl (C=O) groups is 1. The molecular weight excluding hydrogens is 601 g/mol. The molecule has 5 nitrogen and oxygen atoms in total. The van der Waals surface area contributed by atoms with Crippen LogP contribution in [0, 0.1) is 12.8 Å². The lowest BCUT2D eigenvalue weighted by Gasteiger charge is -2.19. The Morgan fingerprint density at radius 1 is 0.851 bits per heavy atom. The molecule has 0 bridgehead atoms. The Hall–Kier alpha value is -4.81. The van der Waals surface area contributed by atoms with E-state index in [0.29, 0.717) is 11.6 Å². The maximum absolute atomic E-state index is 13.9. The molecule has 1 atom stereocenters. The number of hydrogen-bond donors (Lipinski definition) is 0. The number of oxime groups is 1. The van der Waals surface area contributed by atoms with Gasteiger partial charge in [0.05, 0.1) is 11.0 Å². The Bertz CT molecular complexity index is 2420. The van der Waals surface area contributed by atoms with Crippen LogP contribution in [0.25, 0.3) is 52.8 Å². The predicted molar refractivity (Wildman–Crippen MR) is 198 cm³/mol. The van der Waals surface area contributed by atoms with Gasteiger partial charge in [0.2, 0.25) is 0 Å². The van der Waals surface area contributed by atoms with E-state index in [-0.39, 0.29) is 5.43 Å². The first kappa shape index (κ1) is 30.8. The normalized spacial score (nSPS) is 12.9. The Morgan fingerprint density at radius 3 is 2.32 bits per heavy atom. The Balaban J connectivity index is 1.66. The highest BCUT2D eigenvalue weighted by Gasteiger charge is 2.24. The van der Waals surface area contributed by atoms with E-state index in [0.717, 1.165) is 82.4 Å². The summed E-state index contributed by atoms with van der Waals surface area (Å²) in [6.07, 6.45) is 4.63. The quantitative estimate of drug-likeness (QED) is 0.0684. The van der Waals surface area contributed by atoms with Crippen LogP contribution in [0.4, 0.5) is 0 Å². The summed E-state index contributed by atoms with van der Waals surface area (Å²) in [6.45, 7) is 8.85. The largest absolute Gasteiger partial charge is 0.340 e. The molecule has 47 heavy (non-hydrogen) atoms. The van der Waals surface area contributed by atoms with Crippen molar-refractivity contribution < 1.29 is 9.63 Å². The molecule has 7 rings (SSSR count). The first-order chi connectivity index (χ1) is 22.9. The third-order valence-electron chi connectivity index (χ3n) is 9.48. The molecule has 1 unspecified atom stereocenters. The molecule has 0 aliphatic heterocycles. The van der Waals surface area contributed by atoms with Crippen molar-refractivity contribution in [3.63, 3.8) is 0 Å². The number of carbonyl (C=O) groups excluding carboxylic acids is 1. The fraction of sp³-hybridized carbons (Fsp3) is 0.244. The van der Waals surface area contributed by atoms with Crippen LogP contribution in [0.3, 0.4) is 0 Å². The van der Waals surface area contributed by atoms with Gasteiger partial charge in [-0.05, 0) is 60.5 Å². The van der Waals surface area contributed by atoms with E-state index >= 15 is 0 Å². The molecule has 2 heterocycles. The minimum atomic E-state index is -0.474. The maximum atomic E-state index is 13.9. The fourth-order valence-electron chi connectivity index (χ4n) is 7.06. The number of aromatic nitrogens is 1. The molecule has 0 aliphatic carbocycles. The summed E-state index contributed by atoms with van der Waals surface area (Å²) < 4.78 is 4.47. The lowest BCUT2D eigenvalue weighted by atomic mass is 9.92. The van der Waals surface area contributed by atoms with E-state index in [4.69, 9.17) is 4.84 Å². The Morgan fingerprint density at radius 2 is 1.57 bits per heavy atom. The molecule has 0 fully saturated rings. The van der Waals surface area contributed by atoms with Gasteiger partial charge in [0.25, 0.3) is 0 Å². The van der Waals surface area contributed by atoms with Gasteiger partial charge in [0.15, 0.2) is 5.43 Å². The smallest absolute Gasteiger partial charge is 0.332 e. The Kier molecular flexibility index (Phi) is 8.37. The van der Waals surface area contributed by atoms with Gasteiger partial charge in [-0.25, -0.2) is 4.79 Å². The molecule has 7 aromatic rings. The monoisotopic (exact) mass is 638 g/mol. The van der Waals surface area contributed by atoms with Gasteiger partial charge in [-0.2, -0.15) is 0 Å². The van der Waals surface area contributed by atoms with Crippen molar-refractivity contribution in [2.75, 3.05) is 0 Å². The van der Waals surface area contributed by atoms with Crippen molar-refractivity contribution >= 4 is 75.8 Å². The van der Waals surface area contributed by atoms with Crippen LogP contribution in [-0.4, -0.2) is 16.2 Å². The SMILES string of the molecule is CCCCC(CC)Cn1c2ccc3c(=O)c4ccccc4sc3c2c2cc(/C(=N\OC(C)=O)c3ccccc3C)c3ccccc3c21. The molecule has 0 spiro atoms. The summed E-state index contributed by atoms with van der Waals surface area (Å²) in [4.78, 5) is 31.4. The van der Waals surface area contributed by atoms with Crippen LogP contribution in [0.2, 0.25) is 0 Å². The highest BCUT2D eigenvalue weighted by atomic mass is 32.1. The number of benzene rings is 5. The van der Waals surface area contributed by atoms with Crippen LogP contribution in [0.15, 0.2) is 101 Å². The molecule has 0 saturated heterocycles. The number of hydrogen-bond acceptors (Lipinski definition) is 5. The third-order valence-corrected chi connectivity index (χ3v) is 10.7. The van der Waals surface area contributed by atoms with Gasteiger partial charge < -0.3 is 9.40 Å². The highest BCUT2D eigenvalue weighted by molar-refractivity contribution is 7.25. The second-order valence-corrected chi connectivity index (χ2v) is 13.5. The van der Waals surface area contributed by atoms with Crippen LogP contribution in [0.5, 0.6) is 0 Å². The summed E-state index contributed by atoms with van der Waals surface area (Å²) >= 11 is 1.68. The molecule has 0 saturated carbocycles. The number of aryl methyl sites for hydroxylation is 1. The average molecular weight is 639 g/mol. The van der Waals surface area contributed by atoms with Crippen LogP contribution < -0.4 is 5.43 Å². The summed E-state index contributed by atoms with van der Waals surface area (Å²) in [6, 6.07) is 30.8. The number of fused-ring (bicyclic) bond motifs is 8. The molecule has 0 N–H and O–H groups in total. The summed E-state index contributed by atoms with van der Waals surface area (Å²) in [5, 5.41) is 10.3. The molecule has 0 amide bonds. The maximum Gasteiger partial charge on any atom is 0.332 e. The fourth-order valence-corrected chi connectivity index (χ4v) is 8.28. The lowest BCUT2D eigenvalue weighted by Crippen LogP contribution is -2.11. The highest BCUT2D eigenvalue weighted by Crippen LogP contribution is 2.42. The van der Waals surface area contributed by atoms with Gasteiger partial charge in [-0.15, -0.1) is 11.3 Å². The number of nitrogens with zero attached hydrogens (tertiary/aromatic N) is 2. The van der Waals surface area contributed by atoms with Crippen molar-refractivity contribution in [2.45, 2.75) is 59.9 Å². The second-order valence-electron chi connectivity index (χ2n) is 12.5. The molecule has 0 radical (unpaired) electrons. The van der Waals surface area contributed by atoms with E-state index in [2.05, 4.69) is 60.0 Å². The zero-order valence-corrected chi connectivity index (χ0v) is 28.1. The topological polar surface area (TPSA) is 60.7 Å². The zero-order valence-electron chi connectivity index (χ0n) is 27.3. The lowest BCUT2D eigenvalue weighted by molar-refractivity contribution is -0.140. The van der Waals surface area contributed by atoms with Crippen molar-refractivity contribution in [1.29, 1.82) is 0 Å². The first-order valence-electron chi connectivity index (χ1n) is 16.5. The van der Waals surface area contributed by atoms with E-state index < -0.39 is 5.97 Å². The molecule has 2 aromatic heterocycles. The van der Waals surface area contributed by atoms with E-state index in [9.17, 15) is 9.59 Å². The molecular formula is C41H38N2O3S. The van der Waals surface area contributed by atoms with Crippen LogP contribution >= 0.6 is 11.3 Å². The standard InChI is InChI=1S/C41H38N2O3S/c1-5-7-15-27(6-2)24-43-35-22-21-32-40(45)31-19-12-13-20-36(31)47-41(32)37(35)34-23-33(29-17-10-11-18-30(29)39(34)43)38(42-46-26(4)44)28-16-9-8-14-25(28)3/h8-14,16-23,27H,5-7,15,24H2,1-4H3/b42-38-. The minimum Gasteiger partial charge on any atom is -0.340 e. The van der Waals surface area contributed by atoms with Gasteiger partial charge in [0, 0.05) is 60.9 Å². The molecule has 0 aliphatic rings. The van der Waals surface area contributed by atoms with Gasteiger partial charge in [-0.1, -0.05) is 98.9 Å². The van der Waals surface area contributed by atoms with Crippen molar-refractivity contribution in [3.8, 4) is 0 Å². The summed E-state index contributed by atoms with van der Waals surface area (Å²) in [5.41, 5.74) is 5.76. The van der Waals surface area contributed by atoms with E-state index in [1.807, 2.05) is 61.5 Å². The van der Waals surface area contributed by atoms with Crippen LogP contribution in [-0.2, 0) is 16.2 Å². The summed E-state index contributed by atoms with van der Waals surface area (Å²) in [5.74, 6) is 0.0460. The van der Waals surface area contributed by atoms with Crippen molar-refractivity contribution in [1.82, 2.24) is 4.57 Å². The number of rotatable bonds is 9. The van der Waals surface area contributed by atoms with Gasteiger partial charge in [-0.3, -0.25) is 4.79 Å². The van der Waals surface area contributed by atoms with Crippen molar-refractivity contribution in [2.24, 2.45) is 11.1 Å². The molecule has 5 aromatic carbocycles. The molecule has 236 valence electrons. The Labute approximate surface area is 278 Å². The zero-order chi connectivity index (χ0) is 32.7. The van der Waals surface area contributed by atoms with Crippen LogP contribution in [0.1, 0.15) is 63.1 Å². The minimum absolute atomic E-state index is 0.0598. The third kappa shape index (κ3) is 5.40. The number of unbranched alkanes of at least 4 members (excludes halogenated alkanes) is 1. The first-order valence-corrected chi connectivity index (χ1v) is 17.4. The van der Waals surface area contributed by atoms with E-state index in [1.54, 1.807) is 11.3 Å². The predicted octanol–water partition coefficient (Wildman–Crippen LogP) is 10.5. The van der Waals surface area contributed by atoms with Crippen molar-refractivity contribution in [3.05, 3.63) is 118 Å². The van der Waals surface area contributed by atoms with Gasteiger partial charge >= 0.3 is 5.97 Å². The van der Waals surface area contributed by atoms with Gasteiger partial charge in [0.1, 0.15) is 5.71 Å². The summed E-state index contributed by atoms with van der Waals surface area (Å²) in [7, 11) is 0. The second kappa shape index (κ2) is 12.8. The molecule has 6 heteroatoms. The van der Waals surface area contributed by atoms with E-state index in [1.165, 1.54) is 26.2 Å².